The van der Waals surface area contributed by atoms with E-state index < -0.39 is 0 Å². The highest BCUT2D eigenvalue weighted by Crippen LogP contribution is 2.13. The smallest absolute Gasteiger partial charge is 0.141 e. The standard InChI is InChI=1S/C10H11BN2O/c11-9-2-1-3-10(12-9)13-6-4-8(14)5-7-13/h1-3H,4-7H2. The van der Waals surface area contributed by atoms with Crippen molar-refractivity contribution in [1.29, 1.82) is 0 Å². The van der Waals surface area contributed by atoms with Gasteiger partial charge in [-0.3, -0.25) is 4.79 Å². The second-order valence-electron chi connectivity index (χ2n) is 3.45. The number of hydrogen-bond acceptors (Lipinski definition) is 3. The Morgan fingerprint density at radius 3 is 2.64 bits per heavy atom. The summed E-state index contributed by atoms with van der Waals surface area (Å²) in [5.74, 6) is 1.21. The van der Waals surface area contributed by atoms with Crippen LogP contribution in [0.25, 0.3) is 0 Å². The van der Waals surface area contributed by atoms with Crippen molar-refractivity contribution < 1.29 is 4.79 Å². The molecule has 1 aromatic rings. The van der Waals surface area contributed by atoms with Gasteiger partial charge in [-0.15, -0.1) is 0 Å². The van der Waals surface area contributed by atoms with Gasteiger partial charge in [-0.1, -0.05) is 12.1 Å². The van der Waals surface area contributed by atoms with E-state index >= 15 is 0 Å². The third-order valence-corrected chi connectivity index (χ3v) is 2.40. The fourth-order valence-electron chi connectivity index (χ4n) is 1.60. The molecule has 0 unspecified atom stereocenters. The Balaban J connectivity index is 2.12. The van der Waals surface area contributed by atoms with Gasteiger partial charge in [-0.2, -0.15) is 0 Å². The highest BCUT2D eigenvalue weighted by Gasteiger charge is 2.16. The van der Waals surface area contributed by atoms with Gasteiger partial charge < -0.3 is 4.90 Å². The molecule has 0 N–H and O–H groups in total. The lowest BCUT2D eigenvalue weighted by atomic mass is 10.0. The van der Waals surface area contributed by atoms with E-state index in [9.17, 15) is 4.79 Å². The van der Waals surface area contributed by atoms with Crippen LogP contribution in [0.4, 0.5) is 5.82 Å². The lowest BCUT2D eigenvalue weighted by Gasteiger charge is -2.27. The van der Waals surface area contributed by atoms with Crippen molar-refractivity contribution in [3.05, 3.63) is 18.2 Å². The number of Topliss-reactive ketones (excluding diaryl/α,β-unsaturated/α-hetero) is 1. The van der Waals surface area contributed by atoms with Gasteiger partial charge in [0.25, 0.3) is 0 Å². The van der Waals surface area contributed by atoms with Crippen molar-refractivity contribution >= 4 is 25.0 Å². The Morgan fingerprint density at radius 2 is 2.00 bits per heavy atom. The summed E-state index contributed by atoms with van der Waals surface area (Å²) >= 11 is 0. The summed E-state index contributed by atoms with van der Waals surface area (Å²) in [4.78, 5) is 17.3. The van der Waals surface area contributed by atoms with Gasteiger partial charge in [-0.05, 0) is 11.7 Å². The number of nitrogens with zero attached hydrogens (tertiary/aromatic N) is 2. The molecule has 4 heteroatoms. The molecule has 0 amide bonds. The molecule has 14 heavy (non-hydrogen) atoms. The number of rotatable bonds is 1. The minimum atomic E-state index is 0.338. The first-order valence-corrected chi connectivity index (χ1v) is 4.75. The van der Waals surface area contributed by atoms with Crippen LogP contribution in [-0.4, -0.2) is 31.7 Å². The molecule has 0 saturated carbocycles. The molecule has 1 aromatic heterocycles. The maximum absolute atomic E-state index is 11.0. The van der Waals surface area contributed by atoms with Crippen LogP contribution in [0.3, 0.4) is 0 Å². The molecule has 70 valence electrons. The molecule has 2 rings (SSSR count). The predicted molar refractivity (Wildman–Crippen MR) is 56.1 cm³/mol. The van der Waals surface area contributed by atoms with Gasteiger partial charge in [0.1, 0.15) is 19.4 Å². The van der Waals surface area contributed by atoms with Crippen LogP contribution in [0.2, 0.25) is 0 Å². The fraction of sp³-hybridized carbons (Fsp3) is 0.400. The summed E-state index contributed by atoms with van der Waals surface area (Å²) in [5, 5.41) is 0. The SMILES string of the molecule is [B]c1cccc(N2CCC(=O)CC2)n1. The van der Waals surface area contributed by atoms with Gasteiger partial charge >= 0.3 is 0 Å². The molecular formula is C10H11BN2O. The van der Waals surface area contributed by atoms with E-state index in [4.69, 9.17) is 7.85 Å². The predicted octanol–water partition coefficient (Wildman–Crippen LogP) is 0.0447. The van der Waals surface area contributed by atoms with Crippen LogP contribution in [0.5, 0.6) is 0 Å². The molecule has 3 nitrogen and oxygen atoms in total. The molecule has 0 bridgehead atoms. The third kappa shape index (κ3) is 1.95. The first-order valence-electron chi connectivity index (χ1n) is 4.75. The zero-order chi connectivity index (χ0) is 9.97. The number of anilines is 1. The molecule has 0 aliphatic carbocycles. The van der Waals surface area contributed by atoms with E-state index in [1.165, 1.54) is 0 Å². The van der Waals surface area contributed by atoms with Crippen molar-refractivity contribution in [1.82, 2.24) is 4.98 Å². The number of hydrogen-bond donors (Lipinski definition) is 0. The van der Waals surface area contributed by atoms with E-state index in [1.807, 2.05) is 12.1 Å². The highest BCUT2D eigenvalue weighted by molar-refractivity contribution is 6.30. The zero-order valence-corrected chi connectivity index (χ0v) is 7.94. The normalized spacial score (nSPS) is 17.1. The van der Waals surface area contributed by atoms with Crippen LogP contribution in [0.1, 0.15) is 12.8 Å². The molecule has 2 radical (unpaired) electrons. The van der Waals surface area contributed by atoms with Gasteiger partial charge in [0.05, 0.1) is 0 Å². The van der Waals surface area contributed by atoms with Crippen molar-refractivity contribution in [2.45, 2.75) is 12.8 Å². The fourth-order valence-corrected chi connectivity index (χ4v) is 1.60. The minimum Gasteiger partial charge on any atom is -0.356 e. The van der Waals surface area contributed by atoms with E-state index in [1.54, 1.807) is 6.07 Å². The second-order valence-corrected chi connectivity index (χ2v) is 3.45. The number of carbonyl (C=O) groups is 1. The summed E-state index contributed by atoms with van der Waals surface area (Å²) in [7, 11) is 5.59. The summed E-state index contributed by atoms with van der Waals surface area (Å²) in [6.07, 6.45) is 1.24. The Kier molecular flexibility index (Phi) is 2.52. The summed E-state index contributed by atoms with van der Waals surface area (Å²) in [6.45, 7) is 1.52. The number of carbonyl (C=O) groups excluding carboxylic acids is 1. The maximum Gasteiger partial charge on any atom is 0.141 e. The van der Waals surface area contributed by atoms with Crippen molar-refractivity contribution in [2.24, 2.45) is 0 Å². The lowest BCUT2D eigenvalue weighted by Crippen LogP contribution is -2.35. The minimum absolute atomic E-state index is 0.338. The second kappa shape index (κ2) is 3.82. The van der Waals surface area contributed by atoms with Crippen molar-refractivity contribution in [3.63, 3.8) is 0 Å². The average molecular weight is 186 g/mol. The molecule has 1 aliphatic rings. The van der Waals surface area contributed by atoms with Crippen LogP contribution < -0.4 is 10.5 Å². The molecular weight excluding hydrogens is 175 g/mol. The Bertz CT molecular complexity index is 344. The maximum atomic E-state index is 11.0. The van der Waals surface area contributed by atoms with Gasteiger partial charge in [-0.25, -0.2) is 4.98 Å². The van der Waals surface area contributed by atoms with Crippen LogP contribution in [-0.2, 0) is 4.79 Å². The summed E-state index contributed by atoms with van der Waals surface area (Å²) in [6, 6.07) is 5.57. The number of piperidine rings is 1. The molecule has 1 aliphatic heterocycles. The molecule has 1 fully saturated rings. The number of pyridine rings is 1. The topological polar surface area (TPSA) is 33.2 Å². The quantitative estimate of drug-likeness (QED) is 0.580. The first-order chi connectivity index (χ1) is 6.75. The molecule has 1 saturated heterocycles. The van der Waals surface area contributed by atoms with E-state index in [2.05, 4.69) is 9.88 Å². The zero-order valence-electron chi connectivity index (χ0n) is 7.94. The number of ketones is 1. The largest absolute Gasteiger partial charge is 0.356 e. The Labute approximate surface area is 84.5 Å². The van der Waals surface area contributed by atoms with E-state index in [0.29, 0.717) is 24.2 Å². The average Bonchev–Trinajstić information content (AvgIpc) is 2.19. The summed E-state index contributed by atoms with van der Waals surface area (Å²) < 4.78 is 0. The van der Waals surface area contributed by atoms with Crippen molar-refractivity contribution in [3.8, 4) is 0 Å². The summed E-state index contributed by atoms with van der Waals surface area (Å²) in [5.41, 5.74) is 0.527. The van der Waals surface area contributed by atoms with Crippen LogP contribution in [0, 0.1) is 0 Å². The number of aromatic nitrogens is 1. The first kappa shape index (κ1) is 9.25. The molecule has 0 spiro atoms. The monoisotopic (exact) mass is 186 g/mol. The van der Waals surface area contributed by atoms with Crippen LogP contribution in [0.15, 0.2) is 18.2 Å². The van der Waals surface area contributed by atoms with Gasteiger partial charge in [0.15, 0.2) is 0 Å². The Hall–Kier alpha value is -1.32. The molecule has 0 atom stereocenters. The highest BCUT2D eigenvalue weighted by atomic mass is 16.1. The van der Waals surface area contributed by atoms with E-state index in [-0.39, 0.29) is 0 Å². The molecule has 0 aromatic carbocycles. The van der Waals surface area contributed by atoms with Crippen molar-refractivity contribution in [2.75, 3.05) is 18.0 Å². The third-order valence-electron chi connectivity index (χ3n) is 2.40. The van der Waals surface area contributed by atoms with Gasteiger partial charge in [0.2, 0.25) is 0 Å². The lowest BCUT2D eigenvalue weighted by molar-refractivity contribution is -0.119. The molecule has 2 heterocycles. The van der Waals surface area contributed by atoms with E-state index in [0.717, 1.165) is 18.9 Å². The van der Waals surface area contributed by atoms with Gasteiger partial charge in [0, 0.05) is 25.9 Å². The Morgan fingerprint density at radius 1 is 1.29 bits per heavy atom. The van der Waals surface area contributed by atoms with Crippen LogP contribution >= 0.6 is 0 Å².